The summed E-state index contributed by atoms with van der Waals surface area (Å²) in [5, 5.41) is 3.67. The average Bonchev–Trinajstić information content (AvgIpc) is 2.43. The number of aryl methyl sites for hydroxylation is 1. The van der Waals surface area contributed by atoms with Crippen molar-refractivity contribution in [2.24, 2.45) is 5.92 Å². The van der Waals surface area contributed by atoms with Crippen LogP contribution in [0.1, 0.15) is 45.2 Å². The van der Waals surface area contributed by atoms with Crippen molar-refractivity contribution in [2.45, 2.75) is 59.6 Å². The Morgan fingerprint density at radius 1 is 1.10 bits per heavy atom. The quantitative estimate of drug-likeness (QED) is 0.737. The minimum atomic E-state index is 0.271. The zero-order valence-electron chi connectivity index (χ0n) is 13.8. The van der Waals surface area contributed by atoms with E-state index >= 15 is 0 Å². The Bertz CT molecular complexity index is 358. The van der Waals surface area contributed by atoms with Gasteiger partial charge in [0.1, 0.15) is 0 Å². The van der Waals surface area contributed by atoms with Crippen LogP contribution in [0, 0.1) is 12.8 Å². The fraction of sp³-hybridized carbons (Fsp3) is 0.667. The van der Waals surface area contributed by atoms with E-state index in [9.17, 15) is 0 Å². The van der Waals surface area contributed by atoms with Crippen LogP contribution >= 0.6 is 0 Å². The monoisotopic (exact) mass is 277 g/mol. The third-order valence-corrected chi connectivity index (χ3v) is 3.65. The van der Waals surface area contributed by atoms with Gasteiger partial charge in [0.25, 0.3) is 0 Å². The normalized spacial score (nSPS) is 14.5. The SMILES string of the molecule is CCCNC(Cc1ccc(C)cc1)C(OCC)C(C)C. The van der Waals surface area contributed by atoms with E-state index in [1.54, 1.807) is 0 Å². The average molecular weight is 277 g/mol. The number of ether oxygens (including phenoxy) is 1. The third kappa shape index (κ3) is 5.64. The van der Waals surface area contributed by atoms with Crippen molar-refractivity contribution >= 4 is 0 Å². The fourth-order valence-corrected chi connectivity index (χ4v) is 2.58. The van der Waals surface area contributed by atoms with Gasteiger partial charge in [0.05, 0.1) is 6.10 Å². The Morgan fingerprint density at radius 2 is 1.75 bits per heavy atom. The zero-order chi connectivity index (χ0) is 15.0. The first-order valence-electron chi connectivity index (χ1n) is 7.99. The molecule has 2 heteroatoms. The third-order valence-electron chi connectivity index (χ3n) is 3.65. The van der Waals surface area contributed by atoms with Crippen LogP contribution in [0.15, 0.2) is 24.3 Å². The van der Waals surface area contributed by atoms with Crippen LogP contribution in [0.4, 0.5) is 0 Å². The second-order valence-corrected chi connectivity index (χ2v) is 5.91. The lowest BCUT2D eigenvalue weighted by Crippen LogP contribution is -2.46. The van der Waals surface area contributed by atoms with Gasteiger partial charge < -0.3 is 10.1 Å². The zero-order valence-corrected chi connectivity index (χ0v) is 13.8. The highest BCUT2D eigenvalue weighted by atomic mass is 16.5. The maximum Gasteiger partial charge on any atom is 0.0753 e. The predicted molar refractivity (Wildman–Crippen MR) is 87.2 cm³/mol. The van der Waals surface area contributed by atoms with Crippen LogP contribution in [-0.4, -0.2) is 25.3 Å². The molecule has 0 aliphatic carbocycles. The number of benzene rings is 1. The highest BCUT2D eigenvalue weighted by Crippen LogP contribution is 2.16. The summed E-state index contributed by atoms with van der Waals surface area (Å²) < 4.78 is 6.00. The number of rotatable bonds is 9. The van der Waals surface area contributed by atoms with E-state index in [-0.39, 0.29) is 6.10 Å². The second kappa shape index (κ2) is 9.15. The Balaban J connectivity index is 2.78. The van der Waals surface area contributed by atoms with E-state index in [1.807, 2.05) is 0 Å². The molecule has 0 bridgehead atoms. The molecule has 0 saturated carbocycles. The Kier molecular flexibility index (Phi) is 7.86. The van der Waals surface area contributed by atoms with Crippen LogP contribution in [0.3, 0.4) is 0 Å². The van der Waals surface area contributed by atoms with E-state index in [0.29, 0.717) is 12.0 Å². The molecule has 0 heterocycles. The van der Waals surface area contributed by atoms with Crippen LogP contribution in [-0.2, 0) is 11.2 Å². The maximum atomic E-state index is 6.00. The molecule has 2 atom stereocenters. The van der Waals surface area contributed by atoms with Crippen LogP contribution in [0.2, 0.25) is 0 Å². The van der Waals surface area contributed by atoms with Crippen molar-refractivity contribution in [3.8, 4) is 0 Å². The first-order chi connectivity index (χ1) is 9.58. The van der Waals surface area contributed by atoms with Crippen molar-refractivity contribution in [2.75, 3.05) is 13.2 Å². The summed E-state index contributed by atoms with van der Waals surface area (Å²) in [7, 11) is 0. The molecule has 20 heavy (non-hydrogen) atoms. The Hall–Kier alpha value is -0.860. The lowest BCUT2D eigenvalue weighted by atomic mass is 9.93. The summed E-state index contributed by atoms with van der Waals surface area (Å²) in [6.07, 6.45) is 2.46. The standard InChI is InChI=1S/C18H31NO/c1-6-12-19-17(18(14(3)4)20-7-2)13-16-10-8-15(5)9-11-16/h8-11,14,17-19H,6-7,12-13H2,1-5H3. The highest BCUT2D eigenvalue weighted by molar-refractivity contribution is 5.22. The molecule has 0 aliphatic rings. The molecular formula is C18H31NO. The lowest BCUT2D eigenvalue weighted by molar-refractivity contribution is 0.00362. The van der Waals surface area contributed by atoms with E-state index < -0.39 is 0 Å². The molecule has 2 unspecified atom stereocenters. The van der Waals surface area contributed by atoms with Crippen molar-refractivity contribution < 1.29 is 4.74 Å². The Morgan fingerprint density at radius 3 is 2.25 bits per heavy atom. The molecule has 1 N–H and O–H groups in total. The smallest absolute Gasteiger partial charge is 0.0753 e. The molecule has 1 aromatic rings. The summed E-state index contributed by atoms with van der Waals surface area (Å²) in [5.74, 6) is 0.523. The molecule has 0 aromatic heterocycles. The molecule has 2 nitrogen and oxygen atoms in total. The molecule has 0 amide bonds. The first-order valence-corrected chi connectivity index (χ1v) is 7.99. The maximum absolute atomic E-state index is 6.00. The van der Waals surface area contributed by atoms with Gasteiger partial charge in [-0.15, -0.1) is 0 Å². The van der Waals surface area contributed by atoms with E-state index in [4.69, 9.17) is 4.74 Å². The molecule has 114 valence electrons. The molecular weight excluding hydrogens is 246 g/mol. The van der Waals surface area contributed by atoms with Crippen molar-refractivity contribution in [3.05, 3.63) is 35.4 Å². The van der Waals surface area contributed by atoms with Gasteiger partial charge in [-0.3, -0.25) is 0 Å². The molecule has 0 spiro atoms. The van der Waals surface area contributed by atoms with Crippen LogP contribution in [0.25, 0.3) is 0 Å². The van der Waals surface area contributed by atoms with Crippen molar-refractivity contribution in [1.82, 2.24) is 5.32 Å². The Labute approximate surface area is 124 Å². The summed E-state index contributed by atoms with van der Waals surface area (Å²) in [4.78, 5) is 0. The fourth-order valence-electron chi connectivity index (χ4n) is 2.58. The lowest BCUT2D eigenvalue weighted by Gasteiger charge is -2.31. The minimum absolute atomic E-state index is 0.271. The molecule has 0 aliphatic heterocycles. The van der Waals surface area contributed by atoms with Gasteiger partial charge in [0.2, 0.25) is 0 Å². The topological polar surface area (TPSA) is 21.3 Å². The molecule has 1 aromatic carbocycles. The van der Waals surface area contributed by atoms with Crippen molar-refractivity contribution in [3.63, 3.8) is 0 Å². The van der Waals surface area contributed by atoms with Gasteiger partial charge in [-0.25, -0.2) is 0 Å². The van der Waals surface area contributed by atoms with Gasteiger partial charge in [-0.05, 0) is 44.7 Å². The second-order valence-electron chi connectivity index (χ2n) is 5.91. The van der Waals surface area contributed by atoms with E-state index in [0.717, 1.165) is 26.0 Å². The minimum Gasteiger partial charge on any atom is -0.377 e. The molecule has 1 rings (SSSR count). The van der Waals surface area contributed by atoms with E-state index in [1.165, 1.54) is 11.1 Å². The van der Waals surface area contributed by atoms with Gasteiger partial charge in [0.15, 0.2) is 0 Å². The summed E-state index contributed by atoms with van der Waals surface area (Å²) in [5.41, 5.74) is 2.70. The first kappa shape index (κ1) is 17.2. The van der Waals surface area contributed by atoms with Crippen LogP contribution < -0.4 is 5.32 Å². The van der Waals surface area contributed by atoms with E-state index in [2.05, 4.69) is 64.2 Å². The number of hydrogen-bond acceptors (Lipinski definition) is 2. The summed E-state index contributed by atoms with van der Waals surface area (Å²) in [6.45, 7) is 12.7. The van der Waals surface area contributed by atoms with Gasteiger partial charge >= 0.3 is 0 Å². The molecule has 0 radical (unpaired) electrons. The van der Waals surface area contributed by atoms with Gasteiger partial charge in [-0.1, -0.05) is 50.6 Å². The molecule has 0 fully saturated rings. The molecule has 0 saturated heterocycles. The van der Waals surface area contributed by atoms with Crippen LogP contribution in [0.5, 0.6) is 0 Å². The number of hydrogen-bond donors (Lipinski definition) is 1. The number of nitrogens with one attached hydrogen (secondary N) is 1. The highest BCUT2D eigenvalue weighted by Gasteiger charge is 2.24. The largest absolute Gasteiger partial charge is 0.377 e. The predicted octanol–water partition coefficient (Wildman–Crippen LogP) is 3.97. The van der Waals surface area contributed by atoms with Gasteiger partial charge in [-0.2, -0.15) is 0 Å². The van der Waals surface area contributed by atoms with Crippen molar-refractivity contribution in [1.29, 1.82) is 0 Å². The summed E-state index contributed by atoms with van der Waals surface area (Å²) in [6, 6.07) is 9.24. The van der Waals surface area contributed by atoms with Gasteiger partial charge in [0, 0.05) is 12.6 Å². The summed E-state index contributed by atoms with van der Waals surface area (Å²) >= 11 is 0.